The summed E-state index contributed by atoms with van der Waals surface area (Å²) in [5.41, 5.74) is 1.39. The van der Waals surface area contributed by atoms with Crippen LogP contribution in [0.15, 0.2) is 72.8 Å². The van der Waals surface area contributed by atoms with E-state index in [1.165, 1.54) is 31.4 Å². The Bertz CT molecular complexity index is 1200. The number of nitrogens with zero attached hydrogens (tertiary/aromatic N) is 2. The Kier molecular flexibility index (Phi) is 5.86. The second kappa shape index (κ2) is 8.91. The van der Waals surface area contributed by atoms with Gasteiger partial charge < -0.3 is 10.1 Å². The van der Waals surface area contributed by atoms with Crippen LogP contribution in [0.2, 0.25) is 0 Å². The fourth-order valence-corrected chi connectivity index (χ4v) is 3.67. The Morgan fingerprint density at radius 2 is 1.55 bits per heavy atom. The average Bonchev–Trinajstić information content (AvgIpc) is 3.08. The molecule has 1 heterocycles. The quantitative estimate of drug-likeness (QED) is 0.338. The van der Waals surface area contributed by atoms with Crippen molar-refractivity contribution in [1.82, 2.24) is 4.90 Å². The molecule has 0 aromatic heterocycles. The van der Waals surface area contributed by atoms with Crippen molar-refractivity contribution in [3.05, 3.63) is 99.6 Å². The molecular weight excluding hydrogens is 426 g/mol. The van der Waals surface area contributed by atoms with E-state index in [-0.39, 0.29) is 23.2 Å². The molecule has 0 bridgehead atoms. The highest BCUT2D eigenvalue weighted by Crippen LogP contribution is 2.27. The van der Waals surface area contributed by atoms with Crippen LogP contribution in [0.25, 0.3) is 0 Å². The summed E-state index contributed by atoms with van der Waals surface area (Å²) in [6.07, 6.45) is -0.00848. The molecule has 0 saturated heterocycles. The van der Waals surface area contributed by atoms with E-state index in [1.807, 2.05) is 0 Å². The highest BCUT2D eigenvalue weighted by atomic mass is 16.6. The lowest BCUT2D eigenvalue weighted by atomic mass is 10.0. The molecule has 9 heteroatoms. The predicted molar refractivity (Wildman–Crippen MR) is 119 cm³/mol. The van der Waals surface area contributed by atoms with Crippen molar-refractivity contribution in [3.63, 3.8) is 0 Å². The molecule has 4 rings (SSSR count). The molecule has 3 aromatic carbocycles. The van der Waals surface area contributed by atoms with Crippen LogP contribution < -0.4 is 10.1 Å². The fraction of sp³-hybridized carbons (Fsp3) is 0.125. The van der Waals surface area contributed by atoms with Gasteiger partial charge in [-0.2, -0.15) is 0 Å². The molecule has 3 aromatic rings. The second-order valence-corrected chi connectivity index (χ2v) is 7.39. The van der Waals surface area contributed by atoms with Gasteiger partial charge in [0.05, 0.1) is 23.2 Å². The molecule has 166 valence electrons. The van der Waals surface area contributed by atoms with Gasteiger partial charge in [0.2, 0.25) is 5.91 Å². The lowest BCUT2D eigenvalue weighted by Gasteiger charge is -2.25. The van der Waals surface area contributed by atoms with E-state index in [0.29, 0.717) is 17.0 Å². The maximum absolute atomic E-state index is 13.3. The number of anilines is 1. The summed E-state index contributed by atoms with van der Waals surface area (Å²) in [5.74, 6) is -1.08. The zero-order chi connectivity index (χ0) is 23.5. The van der Waals surface area contributed by atoms with Crippen LogP contribution in [-0.4, -0.2) is 40.7 Å². The van der Waals surface area contributed by atoms with Gasteiger partial charge in [-0.15, -0.1) is 0 Å². The molecule has 0 fully saturated rings. The van der Waals surface area contributed by atoms with Gasteiger partial charge in [-0.1, -0.05) is 24.3 Å². The van der Waals surface area contributed by atoms with Gasteiger partial charge in [0.25, 0.3) is 17.5 Å². The lowest BCUT2D eigenvalue weighted by Crippen LogP contribution is -2.48. The summed E-state index contributed by atoms with van der Waals surface area (Å²) in [6, 6.07) is 17.5. The Morgan fingerprint density at radius 3 is 2.06 bits per heavy atom. The minimum atomic E-state index is -1.17. The van der Waals surface area contributed by atoms with Gasteiger partial charge in [-0.3, -0.25) is 29.4 Å². The van der Waals surface area contributed by atoms with Crippen LogP contribution in [0.3, 0.4) is 0 Å². The van der Waals surface area contributed by atoms with Crippen LogP contribution >= 0.6 is 0 Å². The van der Waals surface area contributed by atoms with Crippen molar-refractivity contribution < 1.29 is 24.0 Å². The molecule has 1 atom stereocenters. The number of benzene rings is 3. The van der Waals surface area contributed by atoms with Crippen molar-refractivity contribution in [2.75, 3.05) is 12.4 Å². The topological polar surface area (TPSA) is 119 Å². The molecule has 33 heavy (non-hydrogen) atoms. The summed E-state index contributed by atoms with van der Waals surface area (Å²) in [7, 11) is 1.52. The summed E-state index contributed by atoms with van der Waals surface area (Å²) in [5, 5.41) is 13.7. The number of fused-ring (bicyclic) bond motifs is 1. The first kappa shape index (κ1) is 21.7. The normalized spacial score (nSPS) is 13.4. The van der Waals surface area contributed by atoms with E-state index in [9.17, 15) is 24.5 Å². The second-order valence-electron chi connectivity index (χ2n) is 7.39. The SMILES string of the molecule is COc1ccc(NC(=O)[C@H](Cc2ccc([N+](=O)[O-])cc2)N2C(=O)c3ccccc3C2=O)cc1. The van der Waals surface area contributed by atoms with Gasteiger partial charge >= 0.3 is 0 Å². The van der Waals surface area contributed by atoms with Crippen molar-refractivity contribution in [1.29, 1.82) is 0 Å². The largest absolute Gasteiger partial charge is 0.497 e. The number of imide groups is 1. The number of nitro benzene ring substituents is 1. The number of hydrogen-bond donors (Lipinski definition) is 1. The molecule has 0 radical (unpaired) electrons. The van der Waals surface area contributed by atoms with Gasteiger partial charge in [0, 0.05) is 24.2 Å². The van der Waals surface area contributed by atoms with E-state index in [0.717, 1.165) is 4.90 Å². The lowest BCUT2D eigenvalue weighted by molar-refractivity contribution is -0.384. The summed E-state index contributed by atoms with van der Waals surface area (Å²) in [6.45, 7) is 0. The van der Waals surface area contributed by atoms with Gasteiger partial charge in [0.1, 0.15) is 11.8 Å². The first-order chi connectivity index (χ1) is 15.9. The number of rotatable bonds is 7. The first-order valence-corrected chi connectivity index (χ1v) is 10.0. The van der Waals surface area contributed by atoms with Crippen LogP contribution in [0.5, 0.6) is 5.75 Å². The fourth-order valence-electron chi connectivity index (χ4n) is 3.67. The molecule has 0 saturated carbocycles. The highest BCUT2D eigenvalue weighted by molar-refractivity contribution is 6.23. The van der Waals surface area contributed by atoms with Crippen LogP contribution in [0.4, 0.5) is 11.4 Å². The zero-order valence-electron chi connectivity index (χ0n) is 17.6. The Labute approximate surface area is 188 Å². The Balaban J connectivity index is 1.65. The number of carbonyl (C=O) groups is 3. The third kappa shape index (κ3) is 4.29. The van der Waals surface area contributed by atoms with Gasteiger partial charge in [-0.25, -0.2) is 0 Å². The van der Waals surface area contributed by atoms with Crippen LogP contribution in [-0.2, 0) is 11.2 Å². The standard InChI is InChI=1S/C24H19N3O6/c1-33-18-12-8-16(9-13-18)25-22(28)21(14-15-6-10-17(11-7-15)27(31)32)26-23(29)19-4-2-3-5-20(19)24(26)30/h2-13,21H,14H2,1H3,(H,25,28)/t21-/m0/s1. The Hall–Kier alpha value is -4.53. The van der Waals surface area contributed by atoms with Crippen molar-refractivity contribution >= 4 is 29.1 Å². The van der Waals surface area contributed by atoms with Crippen molar-refractivity contribution in [3.8, 4) is 5.75 Å². The number of carbonyl (C=O) groups excluding carboxylic acids is 3. The molecule has 1 aliphatic heterocycles. The Morgan fingerprint density at radius 1 is 0.970 bits per heavy atom. The maximum Gasteiger partial charge on any atom is 0.269 e. The number of amides is 3. The minimum Gasteiger partial charge on any atom is -0.497 e. The molecule has 9 nitrogen and oxygen atoms in total. The van der Waals surface area contributed by atoms with Crippen molar-refractivity contribution in [2.24, 2.45) is 0 Å². The molecule has 1 aliphatic rings. The van der Waals surface area contributed by atoms with E-state index in [4.69, 9.17) is 4.74 Å². The van der Waals surface area contributed by atoms with E-state index in [2.05, 4.69) is 5.32 Å². The number of non-ortho nitro benzene ring substituents is 1. The van der Waals surface area contributed by atoms with Gasteiger partial charge in [-0.05, 0) is 42.0 Å². The molecule has 0 aliphatic carbocycles. The van der Waals surface area contributed by atoms with Crippen LogP contribution in [0.1, 0.15) is 26.3 Å². The molecule has 1 N–H and O–H groups in total. The molecule has 3 amide bonds. The number of ether oxygens (including phenoxy) is 1. The van der Waals surface area contributed by atoms with Crippen LogP contribution in [0, 0.1) is 10.1 Å². The number of methoxy groups -OCH3 is 1. The molecular formula is C24H19N3O6. The number of hydrogen-bond acceptors (Lipinski definition) is 6. The van der Waals surface area contributed by atoms with E-state index in [1.54, 1.807) is 48.5 Å². The monoisotopic (exact) mass is 445 g/mol. The first-order valence-electron chi connectivity index (χ1n) is 10.0. The summed E-state index contributed by atoms with van der Waals surface area (Å²) < 4.78 is 5.11. The highest BCUT2D eigenvalue weighted by Gasteiger charge is 2.42. The number of nitro groups is 1. The maximum atomic E-state index is 13.3. The smallest absolute Gasteiger partial charge is 0.269 e. The predicted octanol–water partition coefficient (Wildman–Crippen LogP) is 3.45. The van der Waals surface area contributed by atoms with E-state index >= 15 is 0 Å². The number of nitrogens with one attached hydrogen (secondary N) is 1. The average molecular weight is 445 g/mol. The van der Waals surface area contributed by atoms with Gasteiger partial charge in [0.15, 0.2) is 0 Å². The zero-order valence-corrected chi connectivity index (χ0v) is 17.6. The minimum absolute atomic E-state index is 0.00848. The summed E-state index contributed by atoms with van der Waals surface area (Å²) in [4.78, 5) is 50.7. The van der Waals surface area contributed by atoms with Crippen molar-refractivity contribution in [2.45, 2.75) is 12.5 Å². The van der Waals surface area contributed by atoms with E-state index < -0.39 is 28.7 Å². The third-order valence-electron chi connectivity index (χ3n) is 5.37. The molecule has 0 spiro atoms. The molecule has 0 unspecified atom stereocenters. The summed E-state index contributed by atoms with van der Waals surface area (Å²) >= 11 is 0. The third-order valence-corrected chi connectivity index (χ3v) is 5.37.